The molecule has 0 saturated heterocycles. The van der Waals surface area contributed by atoms with Crippen molar-refractivity contribution in [1.29, 1.82) is 5.26 Å². The Labute approximate surface area is 120 Å². The lowest BCUT2D eigenvalue weighted by molar-refractivity contribution is 0.0694. The van der Waals surface area contributed by atoms with Gasteiger partial charge in [-0.3, -0.25) is 9.36 Å². The number of carboxylic acid groups (broad SMARTS) is 1. The minimum Gasteiger partial charge on any atom is -0.497 e. The third kappa shape index (κ3) is 2.77. The van der Waals surface area contributed by atoms with Gasteiger partial charge < -0.3 is 9.84 Å². The van der Waals surface area contributed by atoms with Crippen molar-refractivity contribution >= 4 is 5.97 Å². The van der Waals surface area contributed by atoms with E-state index in [4.69, 9.17) is 15.1 Å². The van der Waals surface area contributed by atoms with Crippen molar-refractivity contribution in [2.24, 2.45) is 0 Å². The number of hydrogen-bond donors (Lipinski definition) is 1. The Bertz CT molecular complexity index is 770. The summed E-state index contributed by atoms with van der Waals surface area (Å²) in [5.74, 6) is -0.650. The Hall–Kier alpha value is -3.07. The number of ether oxygens (including phenoxy) is 1. The maximum absolute atomic E-state index is 12.1. The van der Waals surface area contributed by atoms with E-state index in [0.717, 1.165) is 4.57 Å². The highest BCUT2D eigenvalue weighted by Gasteiger charge is 2.14. The summed E-state index contributed by atoms with van der Waals surface area (Å²) >= 11 is 0. The SMILES string of the molecule is COc1ccc(-c2ccc(C(=O)O)c(=O)n2CC#N)cc1. The number of aromatic carboxylic acids is 1. The number of carbonyl (C=O) groups is 1. The molecule has 0 atom stereocenters. The van der Waals surface area contributed by atoms with Crippen LogP contribution < -0.4 is 10.3 Å². The van der Waals surface area contributed by atoms with Crippen LogP contribution in [-0.2, 0) is 6.54 Å². The molecule has 0 bridgehead atoms. The Morgan fingerprint density at radius 3 is 2.48 bits per heavy atom. The summed E-state index contributed by atoms with van der Waals surface area (Å²) in [6.07, 6.45) is 0. The molecule has 0 spiro atoms. The molecule has 0 radical (unpaired) electrons. The molecule has 106 valence electrons. The summed E-state index contributed by atoms with van der Waals surface area (Å²) in [5.41, 5.74) is 0.120. The Morgan fingerprint density at radius 2 is 1.95 bits per heavy atom. The smallest absolute Gasteiger partial charge is 0.341 e. The molecular weight excluding hydrogens is 272 g/mol. The van der Waals surface area contributed by atoms with Gasteiger partial charge in [-0.1, -0.05) is 0 Å². The summed E-state index contributed by atoms with van der Waals surface area (Å²) in [5, 5.41) is 17.8. The van der Waals surface area contributed by atoms with Crippen molar-refractivity contribution in [3.8, 4) is 23.1 Å². The Balaban J connectivity index is 2.62. The highest BCUT2D eigenvalue weighted by Crippen LogP contribution is 2.21. The van der Waals surface area contributed by atoms with Crippen molar-refractivity contribution in [2.75, 3.05) is 7.11 Å². The van der Waals surface area contributed by atoms with Crippen LogP contribution in [-0.4, -0.2) is 22.8 Å². The summed E-state index contributed by atoms with van der Waals surface area (Å²) in [6, 6.07) is 11.6. The predicted octanol–water partition coefficient (Wildman–Crippen LogP) is 1.75. The van der Waals surface area contributed by atoms with Crippen LogP contribution in [0, 0.1) is 11.3 Å². The zero-order chi connectivity index (χ0) is 15.4. The fourth-order valence-corrected chi connectivity index (χ4v) is 1.98. The minimum atomic E-state index is -1.31. The molecule has 0 unspecified atom stereocenters. The number of carboxylic acids is 1. The number of pyridine rings is 1. The van der Waals surface area contributed by atoms with Crippen molar-refractivity contribution in [3.63, 3.8) is 0 Å². The van der Waals surface area contributed by atoms with Gasteiger partial charge in [0.25, 0.3) is 5.56 Å². The first-order chi connectivity index (χ1) is 10.1. The summed E-state index contributed by atoms with van der Waals surface area (Å²) < 4.78 is 6.20. The van der Waals surface area contributed by atoms with E-state index in [-0.39, 0.29) is 12.1 Å². The van der Waals surface area contributed by atoms with Gasteiger partial charge >= 0.3 is 5.97 Å². The van der Waals surface area contributed by atoms with Crippen LogP contribution in [0.2, 0.25) is 0 Å². The molecule has 2 aromatic rings. The van der Waals surface area contributed by atoms with E-state index in [9.17, 15) is 9.59 Å². The van der Waals surface area contributed by atoms with Gasteiger partial charge in [0.2, 0.25) is 0 Å². The van der Waals surface area contributed by atoms with Crippen LogP contribution in [0.3, 0.4) is 0 Å². The fourth-order valence-electron chi connectivity index (χ4n) is 1.98. The van der Waals surface area contributed by atoms with E-state index in [1.165, 1.54) is 12.1 Å². The van der Waals surface area contributed by atoms with Gasteiger partial charge in [0.15, 0.2) is 0 Å². The van der Waals surface area contributed by atoms with Crippen molar-refractivity contribution in [1.82, 2.24) is 4.57 Å². The second kappa shape index (κ2) is 5.92. The van der Waals surface area contributed by atoms with Crippen molar-refractivity contribution in [3.05, 3.63) is 52.3 Å². The van der Waals surface area contributed by atoms with Crippen LogP contribution in [0.15, 0.2) is 41.2 Å². The average molecular weight is 284 g/mol. The average Bonchev–Trinajstić information content (AvgIpc) is 2.49. The predicted molar refractivity (Wildman–Crippen MR) is 75.3 cm³/mol. The van der Waals surface area contributed by atoms with E-state index >= 15 is 0 Å². The standard InChI is InChI=1S/C15H12N2O4/c1-21-11-4-2-10(3-5-11)13-7-6-12(15(19)20)14(18)17(13)9-8-16/h2-7H,9H2,1H3,(H,19,20). The first-order valence-electron chi connectivity index (χ1n) is 6.07. The van der Waals surface area contributed by atoms with Gasteiger partial charge in [0.1, 0.15) is 17.9 Å². The lowest BCUT2D eigenvalue weighted by Crippen LogP contribution is -2.27. The Kier molecular flexibility index (Phi) is 4.05. The molecule has 6 nitrogen and oxygen atoms in total. The molecule has 2 rings (SSSR count). The third-order valence-electron chi connectivity index (χ3n) is 3.02. The normalized spacial score (nSPS) is 9.90. The van der Waals surface area contributed by atoms with Crippen LogP contribution >= 0.6 is 0 Å². The molecule has 21 heavy (non-hydrogen) atoms. The summed E-state index contributed by atoms with van der Waals surface area (Å²) in [6.45, 7) is -0.221. The molecule has 0 aliphatic carbocycles. The second-order valence-electron chi connectivity index (χ2n) is 4.22. The van der Waals surface area contributed by atoms with E-state index in [1.54, 1.807) is 31.4 Å². The van der Waals surface area contributed by atoms with Crippen molar-refractivity contribution in [2.45, 2.75) is 6.54 Å². The van der Waals surface area contributed by atoms with Crippen molar-refractivity contribution < 1.29 is 14.6 Å². The molecule has 1 heterocycles. The molecular formula is C15H12N2O4. The molecule has 0 fully saturated rings. The number of hydrogen-bond acceptors (Lipinski definition) is 4. The van der Waals surface area contributed by atoms with E-state index in [0.29, 0.717) is 17.0 Å². The first kappa shape index (κ1) is 14.3. The molecule has 0 aliphatic rings. The summed E-state index contributed by atoms with van der Waals surface area (Å²) in [7, 11) is 1.54. The number of benzene rings is 1. The van der Waals surface area contributed by atoms with Gasteiger partial charge in [-0.2, -0.15) is 5.26 Å². The van der Waals surface area contributed by atoms with Gasteiger partial charge in [-0.15, -0.1) is 0 Å². The molecule has 1 aromatic heterocycles. The third-order valence-corrected chi connectivity index (χ3v) is 3.02. The van der Waals surface area contributed by atoms with Crippen LogP contribution in [0.25, 0.3) is 11.3 Å². The fraction of sp³-hybridized carbons (Fsp3) is 0.133. The number of rotatable bonds is 4. The maximum atomic E-state index is 12.1. The van der Waals surface area contributed by atoms with Crippen LogP contribution in [0.5, 0.6) is 5.75 Å². The first-order valence-corrected chi connectivity index (χ1v) is 6.07. The monoisotopic (exact) mass is 284 g/mol. The largest absolute Gasteiger partial charge is 0.497 e. The van der Waals surface area contributed by atoms with E-state index < -0.39 is 11.5 Å². The number of nitrogens with zero attached hydrogens (tertiary/aromatic N) is 2. The van der Waals surface area contributed by atoms with Crippen LogP contribution in [0.1, 0.15) is 10.4 Å². The molecule has 0 aliphatic heterocycles. The Morgan fingerprint density at radius 1 is 1.29 bits per heavy atom. The summed E-state index contributed by atoms with van der Waals surface area (Å²) in [4.78, 5) is 23.1. The topological polar surface area (TPSA) is 92.3 Å². The van der Waals surface area contributed by atoms with E-state index in [1.807, 2.05) is 6.07 Å². The molecule has 1 aromatic carbocycles. The quantitative estimate of drug-likeness (QED) is 0.923. The molecule has 6 heteroatoms. The minimum absolute atomic E-state index is 0.221. The highest BCUT2D eigenvalue weighted by molar-refractivity contribution is 5.87. The lowest BCUT2D eigenvalue weighted by atomic mass is 10.1. The number of nitriles is 1. The molecule has 1 N–H and O–H groups in total. The maximum Gasteiger partial charge on any atom is 0.341 e. The van der Waals surface area contributed by atoms with E-state index in [2.05, 4.69) is 0 Å². The lowest BCUT2D eigenvalue weighted by Gasteiger charge is -2.11. The van der Waals surface area contributed by atoms with Gasteiger partial charge in [0, 0.05) is 0 Å². The van der Waals surface area contributed by atoms with Crippen LogP contribution in [0.4, 0.5) is 0 Å². The highest BCUT2D eigenvalue weighted by atomic mass is 16.5. The van der Waals surface area contributed by atoms with Gasteiger partial charge in [-0.05, 0) is 42.0 Å². The van der Waals surface area contributed by atoms with Gasteiger partial charge in [0.05, 0.1) is 18.9 Å². The second-order valence-corrected chi connectivity index (χ2v) is 4.22. The zero-order valence-corrected chi connectivity index (χ0v) is 11.2. The zero-order valence-electron chi connectivity index (χ0n) is 11.2. The van der Waals surface area contributed by atoms with Gasteiger partial charge in [-0.25, -0.2) is 4.79 Å². The molecule has 0 amide bonds. The number of methoxy groups -OCH3 is 1. The molecule has 0 saturated carbocycles. The number of aromatic nitrogens is 1.